The summed E-state index contributed by atoms with van der Waals surface area (Å²) in [6.07, 6.45) is 5.15. The Kier molecular flexibility index (Phi) is 3.38. The number of amides is 1. The van der Waals surface area contributed by atoms with Crippen molar-refractivity contribution >= 4 is 11.9 Å². The number of carboxylic acid groups (broad SMARTS) is 1. The first kappa shape index (κ1) is 13.3. The number of aliphatic carboxylic acids is 1. The lowest BCUT2D eigenvalue weighted by molar-refractivity contribution is -0.139. The normalized spacial score (nSPS) is 15.6. The number of carboxylic acids is 1. The van der Waals surface area contributed by atoms with Gasteiger partial charge in [0.25, 0.3) is 5.91 Å². The summed E-state index contributed by atoms with van der Waals surface area (Å²) >= 11 is 0. The zero-order valence-corrected chi connectivity index (χ0v) is 11.0. The molecule has 1 fully saturated rings. The maximum atomic E-state index is 12.0. The number of aromatic nitrogens is 5. The Morgan fingerprint density at radius 3 is 2.90 bits per heavy atom. The lowest BCUT2D eigenvalue weighted by Crippen LogP contribution is -2.42. The Morgan fingerprint density at radius 2 is 2.29 bits per heavy atom. The van der Waals surface area contributed by atoms with Crippen LogP contribution in [0.4, 0.5) is 0 Å². The van der Waals surface area contributed by atoms with Crippen LogP contribution < -0.4 is 5.32 Å². The van der Waals surface area contributed by atoms with Gasteiger partial charge in [0.15, 0.2) is 0 Å². The second-order valence-electron chi connectivity index (χ2n) is 4.96. The van der Waals surface area contributed by atoms with E-state index in [1.165, 1.54) is 12.5 Å². The second-order valence-corrected chi connectivity index (χ2v) is 4.96. The van der Waals surface area contributed by atoms with Gasteiger partial charge in [-0.3, -0.25) is 9.89 Å². The van der Waals surface area contributed by atoms with Gasteiger partial charge in [-0.25, -0.2) is 14.8 Å². The number of carbonyl (C=O) groups is 2. The largest absolute Gasteiger partial charge is 0.480 e. The van der Waals surface area contributed by atoms with E-state index in [2.05, 4.69) is 30.5 Å². The lowest BCUT2D eigenvalue weighted by atomic mass is 10.1. The van der Waals surface area contributed by atoms with Crippen molar-refractivity contribution in [1.82, 2.24) is 30.5 Å². The van der Waals surface area contributed by atoms with Gasteiger partial charge in [0.2, 0.25) is 5.82 Å². The second kappa shape index (κ2) is 5.35. The van der Waals surface area contributed by atoms with E-state index in [-0.39, 0.29) is 12.2 Å². The van der Waals surface area contributed by atoms with Gasteiger partial charge in [0, 0.05) is 24.2 Å². The number of imidazole rings is 1. The Bertz CT molecular complexity index is 646. The molecule has 2 aromatic heterocycles. The summed E-state index contributed by atoms with van der Waals surface area (Å²) in [5, 5.41) is 18.1. The molecule has 9 nitrogen and oxygen atoms in total. The van der Waals surface area contributed by atoms with Crippen molar-refractivity contribution in [2.75, 3.05) is 0 Å². The molecular formula is C12H14N6O3. The predicted molar refractivity (Wildman–Crippen MR) is 69.5 cm³/mol. The maximum absolute atomic E-state index is 12.0. The number of carbonyl (C=O) groups excluding carboxylic acids is 1. The third-order valence-electron chi connectivity index (χ3n) is 3.25. The maximum Gasteiger partial charge on any atom is 0.326 e. The fourth-order valence-corrected chi connectivity index (χ4v) is 1.95. The summed E-state index contributed by atoms with van der Waals surface area (Å²) in [7, 11) is 0. The number of hydrogen-bond donors (Lipinski definition) is 4. The average molecular weight is 290 g/mol. The molecule has 1 saturated carbocycles. The minimum atomic E-state index is -1.13. The molecule has 0 saturated heterocycles. The zero-order chi connectivity index (χ0) is 14.8. The molecule has 0 spiro atoms. The van der Waals surface area contributed by atoms with Crippen molar-refractivity contribution < 1.29 is 14.7 Å². The Morgan fingerprint density at radius 1 is 1.48 bits per heavy atom. The highest BCUT2D eigenvalue weighted by Gasteiger charge is 2.29. The first-order chi connectivity index (χ1) is 10.1. The number of hydrogen-bond acceptors (Lipinski definition) is 5. The van der Waals surface area contributed by atoms with E-state index in [4.69, 9.17) is 0 Å². The van der Waals surface area contributed by atoms with Gasteiger partial charge in [-0.05, 0) is 12.8 Å². The van der Waals surface area contributed by atoms with Gasteiger partial charge in [0.05, 0.1) is 6.33 Å². The van der Waals surface area contributed by atoms with E-state index in [0.29, 0.717) is 17.4 Å². The molecule has 4 N–H and O–H groups in total. The highest BCUT2D eigenvalue weighted by Crippen LogP contribution is 2.37. The standard InChI is InChI=1S/C12H14N6O3/c19-11(10-16-9(17-18-10)6-1-2-6)15-8(12(20)21)3-7-4-13-5-14-7/h4-6,8H,1-3H2,(H,13,14)(H,15,19)(H,20,21)(H,16,17,18)/t8-/m0/s1. The van der Waals surface area contributed by atoms with Gasteiger partial charge in [-0.1, -0.05) is 0 Å². The summed E-state index contributed by atoms with van der Waals surface area (Å²) in [5.41, 5.74) is 0.622. The van der Waals surface area contributed by atoms with Crippen molar-refractivity contribution in [3.63, 3.8) is 0 Å². The van der Waals surface area contributed by atoms with Gasteiger partial charge in [0.1, 0.15) is 11.9 Å². The third-order valence-corrected chi connectivity index (χ3v) is 3.25. The topological polar surface area (TPSA) is 137 Å². The van der Waals surface area contributed by atoms with E-state index in [0.717, 1.165) is 12.8 Å². The Balaban J connectivity index is 1.66. The third kappa shape index (κ3) is 3.07. The molecule has 110 valence electrons. The molecule has 0 radical (unpaired) electrons. The summed E-state index contributed by atoms with van der Waals surface area (Å²) in [6.45, 7) is 0. The number of rotatable bonds is 6. The van der Waals surface area contributed by atoms with Crippen LogP contribution in [0.5, 0.6) is 0 Å². The summed E-state index contributed by atoms with van der Waals surface area (Å²) in [6, 6.07) is -1.07. The van der Waals surface area contributed by atoms with Crippen LogP contribution in [-0.4, -0.2) is 48.2 Å². The summed E-state index contributed by atoms with van der Waals surface area (Å²) in [5.74, 6) is -0.742. The first-order valence-electron chi connectivity index (χ1n) is 6.56. The first-order valence-corrected chi connectivity index (χ1v) is 6.56. The van der Waals surface area contributed by atoms with Crippen molar-refractivity contribution in [3.05, 3.63) is 29.9 Å². The van der Waals surface area contributed by atoms with Crippen molar-refractivity contribution in [2.45, 2.75) is 31.2 Å². The van der Waals surface area contributed by atoms with Gasteiger partial charge < -0.3 is 15.4 Å². The monoisotopic (exact) mass is 290 g/mol. The molecule has 2 heterocycles. The quantitative estimate of drug-likeness (QED) is 0.583. The highest BCUT2D eigenvalue weighted by atomic mass is 16.4. The molecule has 0 unspecified atom stereocenters. The molecule has 1 amide bonds. The zero-order valence-electron chi connectivity index (χ0n) is 11.0. The molecule has 1 aliphatic carbocycles. The Labute approximate surface area is 119 Å². The molecule has 0 aromatic carbocycles. The van der Waals surface area contributed by atoms with Crippen LogP contribution >= 0.6 is 0 Å². The van der Waals surface area contributed by atoms with Gasteiger partial charge in [-0.15, -0.1) is 5.10 Å². The fourth-order valence-electron chi connectivity index (χ4n) is 1.95. The van der Waals surface area contributed by atoms with Crippen molar-refractivity contribution in [2.24, 2.45) is 0 Å². The van der Waals surface area contributed by atoms with E-state index >= 15 is 0 Å². The SMILES string of the molecule is O=C(N[C@@H](Cc1cnc[nH]1)C(=O)O)c1n[nH]c(C2CC2)n1. The molecule has 21 heavy (non-hydrogen) atoms. The van der Waals surface area contributed by atoms with Crippen LogP contribution in [0.2, 0.25) is 0 Å². The fraction of sp³-hybridized carbons (Fsp3) is 0.417. The van der Waals surface area contributed by atoms with Crippen LogP contribution in [-0.2, 0) is 11.2 Å². The predicted octanol–water partition coefficient (Wildman–Crippen LogP) is -0.169. The molecule has 1 atom stereocenters. The van der Waals surface area contributed by atoms with E-state index in [1.54, 1.807) is 0 Å². The summed E-state index contributed by atoms with van der Waals surface area (Å²) in [4.78, 5) is 33.9. The Hall–Kier alpha value is -2.71. The van der Waals surface area contributed by atoms with Crippen molar-refractivity contribution in [3.8, 4) is 0 Å². The van der Waals surface area contributed by atoms with Crippen LogP contribution in [0.25, 0.3) is 0 Å². The number of nitrogens with zero attached hydrogens (tertiary/aromatic N) is 3. The van der Waals surface area contributed by atoms with Crippen molar-refractivity contribution in [1.29, 1.82) is 0 Å². The molecular weight excluding hydrogens is 276 g/mol. The van der Waals surface area contributed by atoms with Gasteiger partial charge in [-0.2, -0.15) is 0 Å². The molecule has 0 aliphatic heterocycles. The molecule has 2 aromatic rings. The van der Waals surface area contributed by atoms with E-state index in [1.807, 2.05) is 0 Å². The minimum Gasteiger partial charge on any atom is -0.480 e. The smallest absolute Gasteiger partial charge is 0.326 e. The van der Waals surface area contributed by atoms with Gasteiger partial charge >= 0.3 is 5.97 Å². The van der Waals surface area contributed by atoms with Crippen LogP contribution in [0.3, 0.4) is 0 Å². The molecule has 9 heteroatoms. The highest BCUT2D eigenvalue weighted by molar-refractivity contribution is 5.93. The molecule has 0 bridgehead atoms. The van der Waals surface area contributed by atoms with E-state index in [9.17, 15) is 14.7 Å². The van der Waals surface area contributed by atoms with Crippen LogP contribution in [0.15, 0.2) is 12.5 Å². The number of aromatic amines is 2. The average Bonchev–Trinajstić information content (AvgIpc) is 2.99. The minimum absolute atomic E-state index is 0.0345. The molecule has 1 aliphatic rings. The van der Waals surface area contributed by atoms with E-state index < -0.39 is 17.9 Å². The number of nitrogens with one attached hydrogen (secondary N) is 3. The lowest BCUT2D eigenvalue weighted by Gasteiger charge is -2.12. The number of H-pyrrole nitrogens is 2. The molecule has 3 rings (SSSR count). The summed E-state index contributed by atoms with van der Waals surface area (Å²) < 4.78 is 0. The van der Waals surface area contributed by atoms with Crippen LogP contribution in [0.1, 0.15) is 40.9 Å². The van der Waals surface area contributed by atoms with Crippen LogP contribution in [0, 0.1) is 0 Å².